The summed E-state index contributed by atoms with van der Waals surface area (Å²) in [6, 6.07) is 5.31. The number of halogens is 2. The Bertz CT molecular complexity index is 596. The van der Waals surface area contributed by atoms with Crippen LogP contribution >= 0.6 is 11.8 Å². The number of nitrogens with zero attached hydrogens (tertiary/aromatic N) is 2. The maximum Gasteiger partial charge on any atom is 0.140 e. The molecule has 0 unspecified atom stereocenters. The molecule has 0 atom stereocenters. The van der Waals surface area contributed by atoms with Gasteiger partial charge in [0.2, 0.25) is 0 Å². The Hall–Kier alpha value is -1.69. The number of aromatic nitrogens is 2. The molecule has 2 aromatic rings. The van der Waals surface area contributed by atoms with Gasteiger partial charge in [-0.2, -0.15) is 0 Å². The van der Waals surface area contributed by atoms with Gasteiger partial charge in [0.15, 0.2) is 0 Å². The topological polar surface area (TPSA) is 37.8 Å². The summed E-state index contributed by atoms with van der Waals surface area (Å²) in [6.45, 7) is 4.78. The van der Waals surface area contributed by atoms with E-state index in [9.17, 15) is 8.78 Å². The monoisotopic (exact) mass is 309 g/mol. The van der Waals surface area contributed by atoms with E-state index in [0.29, 0.717) is 9.92 Å². The Labute approximate surface area is 127 Å². The van der Waals surface area contributed by atoms with Crippen molar-refractivity contribution >= 4 is 17.6 Å². The van der Waals surface area contributed by atoms with Crippen LogP contribution in [0.15, 0.2) is 34.2 Å². The van der Waals surface area contributed by atoms with Crippen LogP contribution in [0.1, 0.15) is 26.1 Å². The van der Waals surface area contributed by atoms with Gasteiger partial charge in [0.1, 0.15) is 28.3 Å². The maximum atomic E-state index is 13.7. The van der Waals surface area contributed by atoms with Crippen molar-refractivity contribution in [2.75, 3.05) is 11.9 Å². The van der Waals surface area contributed by atoms with Gasteiger partial charge in [-0.05, 0) is 25.5 Å². The molecule has 1 aromatic heterocycles. The van der Waals surface area contributed by atoms with E-state index in [2.05, 4.69) is 22.2 Å². The number of aryl methyl sites for hydroxylation is 1. The molecule has 0 fully saturated rings. The molecular formula is C15H17F2N3S. The summed E-state index contributed by atoms with van der Waals surface area (Å²) >= 11 is 1.17. The Kier molecular flexibility index (Phi) is 5.50. The Morgan fingerprint density at radius 1 is 1.14 bits per heavy atom. The summed E-state index contributed by atoms with van der Waals surface area (Å²) in [6.07, 6.45) is 1.70. The van der Waals surface area contributed by atoms with Crippen LogP contribution in [0.4, 0.5) is 14.6 Å². The van der Waals surface area contributed by atoms with E-state index in [4.69, 9.17) is 0 Å². The molecule has 1 N–H and O–H groups in total. The minimum atomic E-state index is -0.584. The molecule has 6 heteroatoms. The third kappa shape index (κ3) is 4.39. The average molecular weight is 309 g/mol. The van der Waals surface area contributed by atoms with E-state index in [0.717, 1.165) is 37.1 Å². The Morgan fingerprint density at radius 2 is 1.95 bits per heavy atom. The van der Waals surface area contributed by atoms with Crippen molar-refractivity contribution in [1.29, 1.82) is 0 Å². The summed E-state index contributed by atoms with van der Waals surface area (Å²) in [5.41, 5.74) is 0. The second kappa shape index (κ2) is 7.36. The van der Waals surface area contributed by atoms with Crippen LogP contribution in [0.2, 0.25) is 0 Å². The molecule has 0 radical (unpaired) electrons. The van der Waals surface area contributed by atoms with Gasteiger partial charge in [-0.15, -0.1) is 0 Å². The molecule has 1 aromatic carbocycles. The summed E-state index contributed by atoms with van der Waals surface area (Å²) < 4.78 is 26.6. The quantitative estimate of drug-likeness (QED) is 0.808. The summed E-state index contributed by atoms with van der Waals surface area (Å²) in [5, 5.41) is 3.79. The zero-order valence-corrected chi connectivity index (χ0v) is 12.8. The molecule has 0 amide bonds. The molecule has 112 valence electrons. The lowest BCUT2D eigenvalue weighted by molar-refractivity contribution is 0.565. The van der Waals surface area contributed by atoms with Crippen molar-refractivity contribution in [3.8, 4) is 0 Å². The van der Waals surface area contributed by atoms with E-state index in [1.807, 2.05) is 6.92 Å². The number of anilines is 1. The average Bonchev–Trinajstić information content (AvgIpc) is 2.42. The number of rotatable bonds is 6. The number of hydrogen-bond donors (Lipinski definition) is 1. The summed E-state index contributed by atoms with van der Waals surface area (Å²) in [5.74, 6) is 0.280. The van der Waals surface area contributed by atoms with E-state index in [1.165, 1.54) is 23.9 Å². The molecule has 3 nitrogen and oxygen atoms in total. The predicted molar refractivity (Wildman–Crippen MR) is 80.7 cm³/mol. The van der Waals surface area contributed by atoms with E-state index >= 15 is 0 Å². The van der Waals surface area contributed by atoms with Gasteiger partial charge in [-0.1, -0.05) is 18.7 Å². The van der Waals surface area contributed by atoms with Crippen molar-refractivity contribution < 1.29 is 8.78 Å². The Balaban J connectivity index is 2.29. The second-order valence-electron chi connectivity index (χ2n) is 4.46. The lowest BCUT2D eigenvalue weighted by atomic mass is 10.3. The van der Waals surface area contributed by atoms with Crippen LogP contribution in [0.25, 0.3) is 0 Å². The van der Waals surface area contributed by atoms with Gasteiger partial charge < -0.3 is 5.32 Å². The molecule has 21 heavy (non-hydrogen) atoms. The normalized spacial score (nSPS) is 10.7. The van der Waals surface area contributed by atoms with Gasteiger partial charge in [0.25, 0.3) is 0 Å². The first-order chi connectivity index (χ1) is 10.1. The molecule has 0 saturated heterocycles. The molecular weight excluding hydrogens is 292 g/mol. The van der Waals surface area contributed by atoms with Crippen LogP contribution in [-0.2, 0) is 6.42 Å². The van der Waals surface area contributed by atoms with Gasteiger partial charge in [0, 0.05) is 30.0 Å². The zero-order chi connectivity index (χ0) is 15.2. The van der Waals surface area contributed by atoms with Crippen molar-refractivity contribution in [1.82, 2.24) is 9.97 Å². The van der Waals surface area contributed by atoms with Gasteiger partial charge in [-0.25, -0.2) is 18.7 Å². The lowest BCUT2D eigenvalue weighted by Crippen LogP contribution is -2.04. The van der Waals surface area contributed by atoms with Gasteiger partial charge in [0.05, 0.1) is 0 Å². The first-order valence-corrected chi connectivity index (χ1v) is 7.68. The van der Waals surface area contributed by atoms with Crippen LogP contribution in [0.3, 0.4) is 0 Å². The highest BCUT2D eigenvalue weighted by Crippen LogP contribution is 2.30. The highest BCUT2D eigenvalue weighted by atomic mass is 32.2. The highest BCUT2D eigenvalue weighted by molar-refractivity contribution is 7.99. The standard InChI is InChI=1S/C15H17F2N3S/c1-3-5-13-19-14(18-4-2)9-15(20-13)21-12-7-6-10(16)8-11(12)17/h6-9H,3-5H2,1-2H3,(H,18,19,20). The molecule has 0 saturated carbocycles. The molecule has 1 heterocycles. The Morgan fingerprint density at radius 3 is 2.62 bits per heavy atom. The third-order valence-electron chi connectivity index (χ3n) is 2.69. The molecule has 2 rings (SSSR count). The maximum absolute atomic E-state index is 13.7. The fourth-order valence-corrected chi connectivity index (χ4v) is 2.64. The predicted octanol–water partition coefficient (Wildman–Crippen LogP) is 4.29. The number of hydrogen-bond acceptors (Lipinski definition) is 4. The largest absolute Gasteiger partial charge is 0.370 e. The lowest BCUT2D eigenvalue weighted by Gasteiger charge is -2.08. The van der Waals surface area contributed by atoms with Crippen molar-refractivity contribution in [3.05, 3.63) is 41.7 Å². The van der Waals surface area contributed by atoms with Gasteiger partial charge >= 0.3 is 0 Å². The van der Waals surface area contributed by atoms with Crippen LogP contribution in [0.5, 0.6) is 0 Å². The fourth-order valence-electron chi connectivity index (χ4n) is 1.80. The second-order valence-corrected chi connectivity index (χ2v) is 5.53. The zero-order valence-electron chi connectivity index (χ0n) is 12.0. The first kappa shape index (κ1) is 15.7. The molecule has 0 aliphatic carbocycles. The fraction of sp³-hybridized carbons (Fsp3) is 0.333. The molecule has 0 bridgehead atoms. The summed E-state index contributed by atoms with van der Waals surface area (Å²) in [4.78, 5) is 9.16. The van der Waals surface area contributed by atoms with E-state index < -0.39 is 11.6 Å². The molecule has 0 aliphatic rings. The van der Waals surface area contributed by atoms with Crippen LogP contribution in [0, 0.1) is 11.6 Å². The summed E-state index contributed by atoms with van der Waals surface area (Å²) in [7, 11) is 0. The molecule has 0 spiro atoms. The van der Waals surface area contributed by atoms with E-state index in [-0.39, 0.29) is 0 Å². The number of benzene rings is 1. The number of nitrogens with one attached hydrogen (secondary N) is 1. The van der Waals surface area contributed by atoms with Crippen molar-refractivity contribution in [2.24, 2.45) is 0 Å². The van der Waals surface area contributed by atoms with Crippen LogP contribution < -0.4 is 5.32 Å². The highest BCUT2D eigenvalue weighted by Gasteiger charge is 2.09. The SMILES string of the molecule is CCCc1nc(NCC)cc(Sc2ccc(F)cc2F)n1. The van der Waals surface area contributed by atoms with E-state index in [1.54, 1.807) is 6.07 Å². The van der Waals surface area contributed by atoms with Crippen molar-refractivity contribution in [3.63, 3.8) is 0 Å². The minimum absolute atomic E-state index is 0.347. The van der Waals surface area contributed by atoms with Crippen LogP contribution in [-0.4, -0.2) is 16.5 Å². The van der Waals surface area contributed by atoms with Gasteiger partial charge in [-0.3, -0.25) is 0 Å². The minimum Gasteiger partial charge on any atom is -0.370 e. The molecule has 0 aliphatic heterocycles. The third-order valence-corrected chi connectivity index (χ3v) is 3.66. The first-order valence-electron chi connectivity index (χ1n) is 6.87. The van der Waals surface area contributed by atoms with Crippen molar-refractivity contribution in [2.45, 2.75) is 36.6 Å². The smallest absolute Gasteiger partial charge is 0.140 e.